The molecule has 4 aromatic rings. The van der Waals surface area contributed by atoms with Crippen molar-refractivity contribution in [2.45, 2.75) is 50.4 Å². The van der Waals surface area contributed by atoms with Crippen LogP contribution >= 0.6 is 0 Å². The van der Waals surface area contributed by atoms with Crippen molar-refractivity contribution in [2.75, 3.05) is 25.5 Å². The predicted octanol–water partition coefficient (Wildman–Crippen LogP) is 4.48. The molecule has 6 rings (SSSR count). The highest BCUT2D eigenvalue weighted by atomic mass is 19.4. The minimum atomic E-state index is -4.46. The summed E-state index contributed by atoms with van der Waals surface area (Å²) in [6, 6.07) is 4.25. The summed E-state index contributed by atoms with van der Waals surface area (Å²) in [5, 5.41) is 8.06. The van der Waals surface area contributed by atoms with Gasteiger partial charge in [0, 0.05) is 12.1 Å². The Balaban J connectivity index is 1.32. The number of nitrogens with zero attached hydrogens (tertiary/aromatic N) is 6. The molecule has 0 radical (unpaired) electrons. The minimum absolute atomic E-state index is 0.0811. The number of fused-ring (bicyclic) bond motifs is 2. The first kappa shape index (κ1) is 21.3. The van der Waals surface area contributed by atoms with Gasteiger partial charge in [0.2, 0.25) is 0 Å². The Labute approximate surface area is 193 Å². The van der Waals surface area contributed by atoms with Crippen LogP contribution in [0.2, 0.25) is 0 Å². The molecule has 1 aliphatic carbocycles. The number of benzene rings is 1. The summed E-state index contributed by atoms with van der Waals surface area (Å²) in [5.41, 5.74) is 1.97. The Morgan fingerprint density at radius 1 is 1.09 bits per heavy atom. The van der Waals surface area contributed by atoms with Gasteiger partial charge in [0.05, 0.1) is 29.4 Å². The summed E-state index contributed by atoms with van der Waals surface area (Å²) in [6.07, 6.45) is 1.59. The fourth-order valence-electron chi connectivity index (χ4n) is 4.67. The molecule has 0 amide bonds. The van der Waals surface area contributed by atoms with Gasteiger partial charge >= 0.3 is 6.18 Å². The van der Waals surface area contributed by atoms with Gasteiger partial charge in [-0.3, -0.25) is 0 Å². The largest absolute Gasteiger partial charge is 0.418 e. The Morgan fingerprint density at radius 3 is 2.62 bits per heavy atom. The summed E-state index contributed by atoms with van der Waals surface area (Å²) < 4.78 is 42.0. The van der Waals surface area contributed by atoms with Crippen LogP contribution < -0.4 is 5.32 Å². The average Bonchev–Trinajstić information content (AvgIpc) is 3.48. The second-order valence-electron chi connectivity index (χ2n) is 9.31. The number of likely N-dealkylation sites (tertiary alicyclic amines) is 1. The zero-order valence-electron chi connectivity index (χ0n) is 18.7. The van der Waals surface area contributed by atoms with Crippen LogP contribution in [0.15, 0.2) is 24.4 Å². The highest BCUT2D eigenvalue weighted by Gasteiger charge is 2.34. The normalized spacial score (nSPS) is 18.2. The van der Waals surface area contributed by atoms with Gasteiger partial charge < -0.3 is 15.2 Å². The molecular weight excluding hydrogens is 445 g/mol. The van der Waals surface area contributed by atoms with Crippen molar-refractivity contribution >= 4 is 28.0 Å². The molecule has 1 saturated heterocycles. The second kappa shape index (κ2) is 7.93. The number of hydrogen-bond donors (Lipinski definition) is 2. The van der Waals surface area contributed by atoms with Gasteiger partial charge in [-0.1, -0.05) is 6.07 Å². The number of rotatable bonds is 5. The van der Waals surface area contributed by atoms with Crippen LogP contribution in [-0.4, -0.2) is 54.8 Å². The first-order chi connectivity index (χ1) is 16.4. The van der Waals surface area contributed by atoms with E-state index >= 15 is 0 Å². The molecule has 8 nitrogen and oxygen atoms in total. The highest BCUT2D eigenvalue weighted by Crippen LogP contribution is 2.40. The summed E-state index contributed by atoms with van der Waals surface area (Å²) in [7, 11) is 2.12. The smallest absolute Gasteiger partial charge is 0.360 e. The topological polar surface area (TPSA) is 87.5 Å². The molecule has 11 heteroatoms. The Morgan fingerprint density at radius 2 is 1.88 bits per heavy atom. The molecule has 0 bridgehead atoms. The van der Waals surface area contributed by atoms with Gasteiger partial charge in [0.25, 0.3) is 0 Å². The van der Waals surface area contributed by atoms with Crippen LogP contribution in [0.25, 0.3) is 22.2 Å². The summed E-state index contributed by atoms with van der Waals surface area (Å²) in [5.74, 6) is 1.45. The van der Waals surface area contributed by atoms with Crippen LogP contribution in [0, 0.1) is 0 Å². The van der Waals surface area contributed by atoms with E-state index in [0.29, 0.717) is 28.6 Å². The van der Waals surface area contributed by atoms with Crippen molar-refractivity contribution in [2.24, 2.45) is 0 Å². The van der Waals surface area contributed by atoms with E-state index in [1.807, 2.05) is 10.9 Å². The molecule has 0 spiro atoms. The maximum Gasteiger partial charge on any atom is 0.418 e. The van der Waals surface area contributed by atoms with Gasteiger partial charge in [-0.2, -0.15) is 18.3 Å². The maximum absolute atomic E-state index is 13.3. The lowest BCUT2D eigenvalue weighted by Crippen LogP contribution is -2.32. The zero-order chi connectivity index (χ0) is 23.4. The molecule has 2 N–H and O–H groups in total. The SMILES string of the molecule is CN1CCC(n2nc(NCc3nc4c(C(F)(F)F)cccc4[nH]3)c3ncc(C4CC4)nc32)CC1. The minimum Gasteiger partial charge on any atom is -0.360 e. The summed E-state index contributed by atoms with van der Waals surface area (Å²) in [6.45, 7) is 2.17. The molecule has 2 fully saturated rings. The third-order valence-corrected chi connectivity index (χ3v) is 6.74. The predicted molar refractivity (Wildman–Crippen MR) is 121 cm³/mol. The van der Waals surface area contributed by atoms with Crippen LogP contribution in [0.5, 0.6) is 0 Å². The van der Waals surface area contributed by atoms with Crippen LogP contribution in [0.1, 0.15) is 54.7 Å². The second-order valence-corrected chi connectivity index (χ2v) is 9.31. The number of hydrogen-bond acceptors (Lipinski definition) is 6. The lowest BCUT2D eigenvalue weighted by molar-refractivity contribution is -0.136. The molecule has 0 atom stereocenters. The molecule has 4 heterocycles. The fraction of sp³-hybridized carbons (Fsp3) is 0.478. The van der Waals surface area contributed by atoms with E-state index in [1.54, 1.807) is 6.07 Å². The number of H-pyrrole nitrogens is 1. The number of piperidine rings is 1. The van der Waals surface area contributed by atoms with Crippen molar-refractivity contribution in [1.82, 2.24) is 34.6 Å². The number of aromatic nitrogens is 6. The molecule has 178 valence electrons. The first-order valence-electron chi connectivity index (χ1n) is 11.6. The van der Waals surface area contributed by atoms with Crippen molar-refractivity contribution in [3.63, 3.8) is 0 Å². The van der Waals surface area contributed by atoms with E-state index in [1.165, 1.54) is 6.07 Å². The quantitative estimate of drug-likeness (QED) is 0.447. The third-order valence-electron chi connectivity index (χ3n) is 6.74. The van der Waals surface area contributed by atoms with Gasteiger partial charge in [-0.05, 0) is 58.0 Å². The summed E-state index contributed by atoms with van der Waals surface area (Å²) >= 11 is 0. The van der Waals surface area contributed by atoms with E-state index in [-0.39, 0.29) is 18.1 Å². The Kier molecular flexibility index (Phi) is 4.98. The van der Waals surface area contributed by atoms with Gasteiger partial charge in [0.1, 0.15) is 11.3 Å². The number of anilines is 1. The van der Waals surface area contributed by atoms with Gasteiger partial charge in [-0.25, -0.2) is 19.6 Å². The molecular formula is C23H25F3N8. The summed E-state index contributed by atoms with van der Waals surface area (Å²) in [4.78, 5) is 19.1. The lowest BCUT2D eigenvalue weighted by atomic mass is 10.1. The Bertz CT molecular complexity index is 1350. The standard InChI is InChI=1S/C23H25F3N8/c1-33-9-7-14(8-10-33)34-22-20(27-11-17(30-22)13-5-6-13)21(32-34)28-12-18-29-16-4-2-3-15(19(16)31-18)23(24,25)26/h2-4,11,13-14H,5-10,12H2,1H3,(H,28,32)(H,29,31). The zero-order valence-corrected chi connectivity index (χ0v) is 18.7. The lowest BCUT2D eigenvalue weighted by Gasteiger charge is -2.29. The number of halogens is 3. The Hall–Kier alpha value is -3.21. The average molecular weight is 471 g/mol. The van der Waals surface area contributed by atoms with Crippen molar-refractivity contribution in [3.8, 4) is 0 Å². The molecule has 2 aliphatic rings. The van der Waals surface area contributed by atoms with Gasteiger partial charge in [0.15, 0.2) is 17.0 Å². The molecule has 0 unspecified atom stereocenters. The van der Waals surface area contributed by atoms with Gasteiger partial charge in [-0.15, -0.1) is 0 Å². The van der Waals surface area contributed by atoms with Crippen LogP contribution in [0.4, 0.5) is 19.0 Å². The molecule has 1 aromatic carbocycles. The highest BCUT2D eigenvalue weighted by molar-refractivity contribution is 5.84. The number of imidazole rings is 1. The van der Waals surface area contributed by atoms with E-state index < -0.39 is 11.7 Å². The van der Waals surface area contributed by atoms with Crippen LogP contribution in [0.3, 0.4) is 0 Å². The number of para-hydroxylation sites is 1. The van der Waals surface area contributed by atoms with Crippen LogP contribution in [-0.2, 0) is 12.7 Å². The molecule has 1 saturated carbocycles. The fourth-order valence-corrected chi connectivity index (χ4v) is 4.67. The van der Waals surface area contributed by atoms with Crippen molar-refractivity contribution in [1.29, 1.82) is 0 Å². The van der Waals surface area contributed by atoms with E-state index in [2.05, 4.69) is 32.2 Å². The van der Waals surface area contributed by atoms with E-state index in [4.69, 9.17) is 10.1 Å². The molecule has 3 aromatic heterocycles. The number of alkyl halides is 3. The van der Waals surface area contributed by atoms with Crippen molar-refractivity contribution < 1.29 is 13.2 Å². The monoisotopic (exact) mass is 470 g/mol. The molecule has 1 aliphatic heterocycles. The number of aromatic amines is 1. The number of nitrogens with one attached hydrogen (secondary N) is 2. The van der Waals surface area contributed by atoms with E-state index in [0.717, 1.165) is 56.2 Å². The van der Waals surface area contributed by atoms with Crippen molar-refractivity contribution in [3.05, 3.63) is 41.5 Å². The first-order valence-corrected chi connectivity index (χ1v) is 11.6. The van der Waals surface area contributed by atoms with E-state index in [9.17, 15) is 13.2 Å². The third kappa shape index (κ3) is 3.87. The molecule has 34 heavy (non-hydrogen) atoms. The maximum atomic E-state index is 13.3.